The molecule has 1 aliphatic rings. The molecule has 3 rings (SSSR count). The fourth-order valence-electron chi connectivity index (χ4n) is 3.27. The molecule has 2 amide bonds. The van der Waals surface area contributed by atoms with E-state index in [0.717, 1.165) is 43.9 Å². The summed E-state index contributed by atoms with van der Waals surface area (Å²) in [5.74, 6) is -0.483. The quantitative estimate of drug-likeness (QED) is 0.725. The average Bonchev–Trinajstić information content (AvgIpc) is 2.74. The Morgan fingerprint density at radius 3 is 2.34 bits per heavy atom. The minimum Gasteiger partial charge on any atom is -0.369 e. The van der Waals surface area contributed by atoms with Crippen LogP contribution in [0.5, 0.6) is 0 Å². The Morgan fingerprint density at radius 2 is 1.69 bits per heavy atom. The van der Waals surface area contributed by atoms with Gasteiger partial charge in [-0.05, 0) is 55.4 Å². The summed E-state index contributed by atoms with van der Waals surface area (Å²) in [6, 6.07) is 11.7. The van der Waals surface area contributed by atoms with E-state index in [-0.39, 0.29) is 18.2 Å². The first kappa shape index (κ1) is 20.8. The summed E-state index contributed by atoms with van der Waals surface area (Å²) in [6.07, 6.45) is 4.05. The van der Waals surface area contributed by atoms with Gasteiger partial charge in [-0.3, -0.25) is 14.6 Å². The van der Waals surface area contributed by atoms with Crippen molar-refractivity contribution in [2.45, 2.75) is 12.8 Å². The smallest absolute Gasteiger partial charge is 0.233 e. The maximum atomic E-state index is 12.3. The van der Waals surface area contributed by atoms with Gasteiger partial charge in [-0.25, -0.2) is 0 Å². The fourth-order valence-corrected chi connectivity index (χ4v) is 3.27. The number of hydrogen-bond donors (Lipinski definition) is 1. The molecule has 0 saturated carbocycles. The molecule has 1 N–H and O–H groups in total. The maximum absolute atomic E-state index is 12.3. The van der Waals surface area contributed by atoms with Gasteiger partial charge in [0.15, 0.2) is 0 Å². The van der Waals surface area contributed by atoms with E-state index in [1.165, 1.54) is 0 Å². The van der Waals surface area contributed by atoms with Gasteiger partial charge in [0.05, 0.1) is 0 Å². The highest BCUT2D eigenvalue weighted by Gasteiger charge is 2.16. The van der Waals surface area contributed by atoms with Crippen LogP contribution < -0.4 is 10.2 Å². The predicted octanol–water partition coefficient (Wildman–Crippen LogP) is 1.86. The standard InChI is InChI=1S/C22H29N5O2/c1-25-13-15-27(16-14-25)20-5-3-19(4-6-20)24-21(28)17-22(29)26(2)12-9-18-7-10-23-11-8-18/h3-8,10-11H,9,12-17H2,1-2H3,(H,24,28). The summed E-state index contributed by atoms with van der Waals surface area (Å²) < 4.78 is 0. The SMILES string of the molecule is CN1CCN(c2ccc(NC(=O)CC(=O)N(C)CCc3ccncc3)cc2)CC1. The lowest BCUT2D eigenvalue weighted by Crippen LogP contribution is -2.44. The Hall–Kier alpha value is -2.93. The number of anilines is 2. The van der Waals surface area contributed by atoms with Gasteiger partial charge in [0.25, 0.3) is 0 Å². The van der Waals surface area contributed by atoms with Crippen LogP contribution in [0.2, 0.25) is 0 Å². The highest BCUT2D eigenvalue weighted by atomic mass is 16.2. The second kappa shape index (κ2) is 10.0. The normalized spacial score (nSPS) is 14.5. The lowest BCUT2D eigenvalue weighted by molar-refractivity contribution is -0.133. The van der Waals surface area contributed by atoms with Crippen molar-refractivity contribution >= 4 is 23.2 Å². The van der Waals surface area contributed by atoms with E-state index in [9.17, 15) is 9.59 Å². The zero-order valence-corrected chi connectivity index (χ0v) is 17.2. The lowest BCUT2D eigenvalue weighted by Gasteiger charge is -2.34. The van der Waals surface area contributed by atoms with E-state index in [2.05, 4.69) is 27.1 Å². The van der Waals surface area contributed by atoms with E-state index in [1.807, 2.05) is 36.4 Å². The van der Waals surface area contributed by atoms with Crippen LogP contribution in [-0.4, -0.2) is 73.4 Å². The number of nitrogens with one attached hydrogen (secondary N) is 1. The molecule has 0 spiro atoms. The van der Waals surface area contributed by atoms with Crippen LogP contribution in [-0.2, 0) is 16.0 Å². The van der Waals surface area contributed by atoms with Crippen LogP contribution in [0.25, 0.3) is 0 Å². The third kappa shape index (κ3) is 6.29. The number of rotatable bonds is 7. The topological polar surface area (TPSA) is 68.8 Å². The molecular formula is C22H29N5O2. The Kier molecular flexibility index (Phi) is 7.19. The summed E-state index contributed by atoms with van der Waals surface area (Å²) in [5.41, 5.74) is 2.98. The molecule has 1 saturated heterocycles. The third-order valence-electron chi connectivity index (χ3n) is 5.24. The van der Waals surface area contributed by atoms with Crippen LogP contribution in [0.1, 0.15) is 12.0 Å². The largest absolute Gasteiger partial charge is 0.369 e. The van der Waals surface area contributed by atoms with Crippen LogP contribution in [0.15, 0.2) is 48.8 Å². The molecule has 1 fully saturated rings. The first-order valence-electron chi connectivity index (χ1n) is 9.97. The number of pyridine rings is 1. The second-order valence-electron chi connectivity index (χ2n) is 7.48. The molecule has 1 aromatic carbocycles. The van der Waals surface area contributed by atoms with E-state index < -0.39 is 0 Å². The summed E-state index contributed by atoms with van der Waals surface area (Å²) >= 11 is 0. The van der Waals surface area contributed by atoms with Crippen LogP contribution in [0, 0.1) is 0 Å². The highest BCUT2D eigenvalue weighted by molar-refractivity contribution is 6.03. The molecule has 0 aliphatic carbocycles. The lowest BCUT2D eigenvalue weighted by atomic mass is 10.2. The zero-order chi connectivity index (χ0) is 20.6. The summed E-state index contributed by atoms with van der Waals surface area (Å²) in [7, 11) is 3.86. The molecule has 0 atom stereocenters. The number of amides is 2. The molecule has 154 valence electrons. The minimum atomic E-state index is -0.293. The van der Waals surface area contributed by atoms with E-state index in [4.69, 9.17) is 0 Å². The van der Waals surface area contributed by atoms with Crippen molar-refractivity contribution in [1.29, 1.82) is 0 Å². The van der Waals surface area contributed by atoms with Gasteiger partial charge in [0, 0.05) is 63.5 Å². The van der Waals surface area contributed by atoms with Gasteiger partial charge < -0.3 is 20.0 Å². The summed E-state index contributed by atoms with van der Waals surface area (Å²) in [6.45, 7) is 4.67. The van der Waals surface area contributed by atoms with E-state index >= 15 is 0 Å². The van der Waals surface area contributed by atoms with Crippen molar-refractivity contribution in [3.63, 3.8) is 0 Å². The maximum Gasteiger partial charge on any atom is 0.233 e. The average molecular weight is 396 g/mol. The van der Waals surface area contributed by atoms with Crippen molar-refractivity contribution in [3.05, 3.63) is 54.4 Å². The molecule has 0 unspecified atom stereocenters. The number of nitrogens with zero attached hydrogens (tertiary/aromatic N) is 4. The van der Waals surface area contributed by atoms with Gasteiger partial charge in [0.1, 0.15) is 6.42 Å². The van der Waals surface area contributed by atoms with Crippen molar-refractivity contribution in [3.8, 4) is 0 Å². The van der Waals surface area contributed by atoms with Crippen molar-refractivity contribution in [2.24, 2.45) is 0 Å². The number of likely N-dealkylation sites (N-methyl/N-ethyl adjacent to an activating group) is 2. The zero-order valence-electron chi connectivity index (χ0n) is 17.2. The highest BCUT2D eigenvalue weighted by Crippen LogP contribution is 2.19. The number of hydrogen-bond acceptors (Lipinski definition) is 5. The van der Waals surface area contributed by atoms with Crippen LogP contribution in [0.3, 0.4) is 0 Å². The van der Waals surface area contributed by atoms with Gasteiger partial charge >= 0.3 is 0 Å². The number of benzene rings is 1. The number of carbonyl (C=O) groups is 2. The molecular weight excluding hydrogens is 366 g/mol. The molecule has 7 nitrogen and oxygen atoms in total. The van der Waals surface area contributed by atoms with Gasteiger partial charge in [-0.2, -0.15) is 0 Å². The van der Waals surface area contributed by atoms with Crippen molar-refractivity contribution in [1.82, 2.24) is 14.8 Å². The summed E-state index contributed by atoms with van der Waals surface area (Å²) in [4.78, 5) is 34.8. The number of piperazine rings is 1. The number of carbonyl (C=O) groups excluding carboxylic acids is 2. The number of aromatic nitrogens is 1. The molecule has 1 aliphatic heterocycles. The first-order chi connectivity index (χ1) is 14.0. The molecule has 7 heteroatoms. The Morgan fingerprint density at radius 1 is 1.03 bits per heavy atom. The van der Waals surface area contributed by atoms with Gasteiger partial charge in [-0.15, -0.1) is 0 Å². The Labute approximate surface area is 172 Å². The van der Waals surface area contributed by atoms with E-state index in [0.29, 0.717) is 12.2 Å². The fraction of sp³-hybridized carbons (Fsp3) is 0.409. The minimum absolute atomic E-state index is 0.160. The molecule has 0 radical (unpaired) electrons. The Bertz CT molecular complexity index is 802. The molecule has 29 heavy (non-hydrogen) atoms. The second-order valence-corrected chi connectivity index (χ2v) is 7.48. The van der Waals surface area contributed by atoms with Crippen molar-refractivity contribution in [2.75, 3.05) is 57.0 Å². The monoisotopic (exact) mass is 395 g/mol. The Balaban J connectivity index is 1.44. The molecule has 2 aromatic rings. The predicted molar refractivity (Wildman–Crippen MR) is 115 cm³/mol. The van der Waals surface area contributed by atoms with Crippen LogP contribution >= 0.6 is 0 Å². The molecule has 1 aromatic heterocycles. The summed E-state index contributed by atoms with van der Waals surface area (Å²) in [5, 5.41) is 2.82. The van der Waals surface area contributed by atoms with Crippen LogP contribution in [0.4, 0.5) is 11.4 Å². The molecule has 0 bridgehead atoms. The third-order valence-corrected chi connectivity index (χ3v) is 5.24. The van der Waals surface area contributed by atoms with Crippen molar-refractivity contribution < 1.29 is 9.59 Å². The molecule has 2 heterocycles. The van der Waals surface area contributed by atoms with Gasteiger partial charge in [-0.1, -0.05) is 0 Å². The van der Waals surface area contributed by atoms with Gasteiger partial charge in [0.2, 0.25) is 11.8 Å². The first-order valence-corrected chi connectivity index (χ1v) is 9.97. The van der Waals surface area contributed by atoms with E-state index in [1.54, 1.807) is 24.3 Å².